The summed E-state index contributed by atoms with van der Waals surface area (Å²) in [6.45, 7) is 0. The molecule has 0 amide bonds. The summed E-state index contributed by atoms with van der Waals surface area (Å²) in [5.41, 5.74) is -0.112. The summed E-state index contributed by atoms with van der Waals surface area (Å²) in [7, 11) is 1.16. The van der Waals surface area contributed by atoms with E-state index < -0.39 is 17.5 Å². The smallest absolute Gasteiger partial charge is 0.339 e. The molecule has 0 aliphatic carbocycles. The summed E-state index contributed by atoms with van der Waals surface area (Å²) in [5.74, 6) is -2.26. The SMILES string of the molecule is COC(=O)c1cc(F)c(O)cc1Cl. The van der Waals surface area contributed by atoms with E-state index in [1.807, 2.05) is 0 Å². The van der Waals surface area contributed by atoms with Gasteiger partial charge in [0, 0.05) is 6.07 Å². The molecule has 5 heteroatoms. The Labute approximate surface area is 78.7 Å². The lowest BCUT2D eigenvalue weighted by Crippen LogP contribution is -2.02. The van der Waals surface area contributed by atoms with Gasteiger partial charge < -0.3 is 9.84 Å². The van der Waals surface area contributed by atoms with Gasteiger partial charge in [-0.15, -0.1) is 0 Å². The molecular formula is C8H6ClFO3. The van der Waals surface area contributed by atoms with Gasteiger partial charge in [-0.25, -0.2) is 9.18 Å². The summed E-state index contributed by atoms with van der Waals surface area (Å²) in [5, 5.41) is 8.82. The highest BCUT2D eigenvalue weighted by Crippen LogP contribution is 2.25. The van der Waals surface area contributed by atoms with Crippen molar-refractivity contribution < 1.29 is 19.0 Å². The number of carbonyl (C=O) groups excluding carboxylic acids is 1. The van der Waals surface area contributed by atoms with E-state index in [0.717, 1.165) is 19.2 Å². The molecular weight excluding hydrogens is 199 g/mol. The third kappa shape index (κ3) is 1.89. The second-order valence-corrected chi connectivity index (χ2v) is 2.68. The lowest BCUT2D eigenvalue weighted by atomic mass is 10.2. The number of benzene rings is 1. The van der Waals surface area contributed by atoms with E-state index in [2.05, 4.69) is 4.74 Å². The van der Waals surface area contributed by atoms with E-state index in [1.165, 1.54) is 0 Å². The molecule has 1 aromatic rings. The molecule has 3 nitrogen and oxygen atoms in total. The average molecular weight is 205 g/mol. The zero-order valence-corrected chi connectivity index (χ0v) is 7.43. The topological polar surface area (TPSA) is 46.5 Å². The zero-order chi connectivity index (χ0) is 10.0. The molecule has 0 atom stereocenters. The van der Waals surface area contributed by atoms with Crippen molar-refractivity contribution >= 4 is 17.6 Å². The molecule has 0 saturated carbocycles. The predicted molar refractivity (Wildman–Crippen MR) is 44.4 cm³/mol. The number of phenols is 1. The highest BCUT2D eigenvalue weighted by molar-refractivity contribution is 6.33. The minimum absolute atomic E-state index is 0.0502. The van der Waals surface area contributed by atoms with Crippen LogP contribution in [0.15, 0.2) is 12.1 Å². The first kappa shape index (κ1) is 9.80. The molecule has 0 aliphatic rings. The van der Waals surface area contributed by atoms with Crippen LogP contribution in [-0.2, 0) is 4.74 Å². The minimum Gasteiger partial charge on any atom is -0.505 e. The first-order valence-corrected chi connectivity index (χ1v) is 3.70. The fraction of sp³-hybridized carbons (Fsp3) is 0.125. The van der Waals surface area contributed by atoms with Gasteiger partial charge in [0.05, 0.1) is 17.7 Å². The Balaban J connectivity index is 3.23. The molecule has 0 aliphatic heterocycles. The van der Waals surface area contributed by atoms with Gasteiger partial charge in [0.15, 0.2) is 11.6 Å². The second kappa shape index (κ2) is 3.62. The van der Waals surface area contributed by atoms with Gasteiger partial charge in [-0.3, -0.25) is 0 Å². The number of hydrogen-bond donors (Lipinski definition) is 1. The number of hydrogen-bond acceptors (Lipinski definition) is 3. The van der Waals surface area contributed by atoms with Crippen LogP contribution in [0, 0.1) is 5.82 Å². The summed E-state index contributed by atoms with van der Waals surface area (Å²) >= 11 is 5.55. The Morgan fingerprint density at radius 3 is 2.77 bits per heavy atom. The van der Waals surface area contributed by atoms with E-state index in [-0.39, 0.29) is 10.6 Å². The quantitative estimate of drug-likeness (QED) is 0.712. The first-order valence-electron chi connectivity index (χ1n) is 3.32. The Morgan fingerprint density at radius 2 is 2.23 bits per heavy atom. The molecule has 1 N–H and O–H groups in total. The molecule has 0 fully saturated rings. The van der Waals surface area contributed by atoms with Crippen LogP contribution in [0.1, 0.15) is 10.4 Å². The molecule has 0 unspecified atom stereocenters. The molecule has 1 rings (SSSR count). The minimum atomic E-state index is -0.912. The van der Waals surface area contributed by atoms with Gasteiger partial charge in [0.1, 0.15) is 0 Å². The third-order valence-electron chi connectivity index (χ3n) is 1.44. The Morgan fingerprint density at radius 1 is 1.62 bits per heavy atom. The second-order valence-electron chi connectivity index (χ2n) is 2.28. The van der Waals surface area contributed by atoms with Crippen LogP contribution < -0.4 is 0 Å². The van der Waals surface area contributed by atoms with Crippen molar-refractivity contribution in [1.82, 2.24) is 0 Å². The summed E-state index contributed by atoms with van der Waals surface area (Å²) in [4.78, 5) is 10.9. The fourth-order valence-corrected chi connectivity index (χ4v) is 1.04. The largest absolute Gasteiger partial charge is 0.505 e. The predicted octanol–water partition coefficient (Wildman–Crippen LogP) is 1.97. The van der Waals surface area contributed by atoms with Crippen molar-refractivity contribution in [2.45, 2.75) is 0 Å². The van der Waals surface area contributed by atoms with E-state index in [1.54, 1.807) is 0 Å². The lowest BCUT2D eigenvalue weighted by Gasteiger charge is -2.02. The Kier molecular flexibility index (Phi) is 2.72. The van der Waals surface area contributed by atoms with Crippen LogP contribution in [0.4, 0.5) is 4.39 Å². The van der Waals surface area contributed by atoms with Crippen LogP contribution in [0.5, 0.6) is 5.75 Å². The monoisotopic (exact) mass is 204 g/mol. The van der Waals surface area contributed by atoms with Gasteiger partial charge in [0.25, 0.3) is 0 Å². The maximum absolute atomic E-state index is 12.7. The van der Waals surface area contributed by atoms with Crippen molar-refractivity contribution in [2.24, 2.45) is 0 Å². The lowest BCUT2D eigenvalue weighted by molar-refractivity contribution is 0.0600. The van der Waals surface area contributed by atoms with Crippen molar-refractivity contribution in [3.8, 4) is 5.75 Å². The maximum Gasteiger partial charge on any atom is 0.339 e. The van der Waals surface area contributed by atoms with E-state index in [4.69, 9.17) is 16.7 Å². The van der Waals surface area contributed by atoms with Crippen molar-refractivity contribution in [3.05, 3.63) is 28.5 Å². The van der Waals surface area contributed by atoms with Crippen molar-refractivity contribution in [3.63, 3.8) is 0 Å². The number of phenolic OH excluding ortho intramolecular Hbond substituents is 1. The van der Waals surface area contributed by atoms with Crippen molar-refractivity contribution in [1.29, 1.82) is 0 Å². The van der Waals surface area contributed by atoms with Crippen LogP contribution in [0.3, 0.4) is 0 Å². The number of esters is 1. The normalized spacial score (nSPS) is 9.77. The van der Waals surface area contributed by atoms with Crippen molar-refractivity contribution in [2.75, 3.05) is 7.11 Å². The fourth-order valence-electron chi connectivity index (χ4n) is 0.803. The van der Waals surface area contributed by atoms with Gasteiger partial charge in [-0.1, -0.05) is 11.6 Å². The summed E-state index contributed by atoms with van der Waals surface area (Å²) in [6.07, 6.45) is 0. The van der Waals surface area contributed by atoms with E-state index in [0.29, 0.717) is 0 Å². The number of halogens is 2. The highest BCUT2D eigenvalue weighted by atomic mass is 35.5. The molecule has 0 saturated heterocycles. The molecule has 0 heterocycles. The van der Waals surface area contributed by atoms with Gasteiger partial charge in [0.2, 0.25) is 0 Å². The number of carbonyl (C=O) groups is 1. The van der Waals surface area contributed by atoms with Crippen LogP contribution >= 0.6 is 11.6 Å². The Bertz CT molecular complexity index is 351. The molecule has 0 aromatic heterocycles. The van der Waals surface area contributed by atoms with Gasteiger partial charge in [-0.2, -0.15) is 0 Å². The Hall–Kier alpha value is -1.29. The van der Waals surface area contributed by atoms with Gasteiger partial charge >= 0.3 is 5.97 Å². The van der Waals surface area contributed by atoms with E-state index in [9.17, 15) is 9.18 Å². The highest BCUT2D eigenvalue weighted by Gasteiger charge is 2.14. The van der Waals surface area contributed by atoms with Gasteiger partial charge in [-0.05, 0) is 6.07 Å². The average Bonchev–Trinajstić information content (AvgIpc) is 2.10. The number of aromatic hydroxyl groups is 1. The molecule has 1 aromatic carbocycles. The standard InChI is InChI=1S/C8H6ClFO3/c1-13-8(12)4-2-6(10)7(11)3-5(4)9/h2-3,11H,1H3. The number of methoxy groups -OCH3 is 1. The summed E-state index contributed by atoms with van der Waals surface area (Å²) in [6, 6.07) is 1.77. The molecule has 13 heavy (non-hydrogen) atoms. The zero-order valence-electron chi connectivity index (χ0n) is 6.67. The van der Waals surface area contributed by atoms with Crippen LogP contribution in [0.2, 0.25) is 5.02 Å². The summed E-state index contributed by atoms with van der Waals surface area (Å²) < 4.78 is 17.1. The number of ether oxygens (including phenoxy) is 1. The van der Waals surface area contributed by atoms with Crippen LogP contribution in [-0.4, -0.2) is 18.2 Å². The molecule has 70 valence electrons. The molecule has 0 spiro atoms. The van der Waals surface area contributed by atoms with E-state index >= 15 is 0 Å². The molecule has 0 radical (unpaired) electrons. The molecule has 0 bridgehead atoms. The number of rotatable bonds is 1. The first-order chi connectivity index (χ1) is 6.06. The third-order valence-corrected chi connectivity index (χ3v) is 1.75. The van der Waals surface area contributed by atoms with Crippen LogP contribution in [0.25, 0.3) is 0 Å². The maximum atomic E-state index is 12.7.